The first kappa shape index (κ1) is 14.8. The molecule has 0 amide bonds. The Kier molecular flexibility index (Phi) is 4.27. The third kappa shape index (κ3) is 3.93. The minimum atomic E-state index is -4.19. The largest absolute Gasteiger partial charge is 0.441 e. The van der Waals surface area contributed by atoms with Crippen LogP contribution in [0.25, 0.3) is 10.9 Å². The highest BCUT2D eigenvalue weighted by Gasteiger charge is 2.27. The van der Waals surface area contributed by atoms with Gasteiger partial charge in [0, 0.05) is 34.8 Å². The lowest BCUT2D eigenvalue weighted by Gasteiger charge is -2.12. The summed E-state index contributed by atoms with van der Waals surface area (Å²) in [5, 5.41) is 3.82. The van der Waals surface area contributed by atoms with Crippen LogP contribution in [-0.4, -0.2) is 22.8 Å². The molecule has 7 heteroatoms. The standard InChI is InChI=1S/C13H14F3N3S/c1-8-6-12(18-4-5-20-13(14,15)16)10-7-9(17)2-3-11(10)19-8/h2-3,6-7H,4-5,17H2,1H3,(H,18,19). The van der Waals surface area contributed by atoms with E-state index in [1.165, 1.54) is 0 Å². The van der Waals surface area contributed by atoms with Gasteiger partial charge in [-0.3, -0.25) is 4.98 Å². The Labute approximate surface area is 118 Å². The molecule has 0 spiro atoms. The molecule has 0 aliphatic carbocycles. The van der Waals surface area contributed by atoms with Crippen LogP contribution in [0.5, 0.6) is 0 Å². The molecule has 1 aromatic carbocycles. The average Bonchev–Trinajstić information content (AvgIpc) is 2.34. The third-order valence-corrected chi connectivity index (χ3v) is 3.38. The van der Waals surface area contributed by atoms with Gasteiger partial charge in [-0.2, -0.15) is 13.2 Å². The monoisotopic (exact) mass is 301 g/mol. The molecule has 0 atom stereocenters. The van der Waals surface area contributed by atoms with E-state index in [-0.39, 0.29) is 24.1 Å². The molecule has 0 unspecified atom stereocenters. The number of anilines is 2. The third-order valence-electron chi connectivity index (χ3n) is 2.64. The Morgan fingerprint density at radius 2 is 2.05 bits per heavy atom. The summed E-state index contributed by atoms with van der Waals surface area (Å²) >= 11 is -0.0373. The lowest BCUT2D eigenvalue weighted by atomic mass is 10.1. The van der Waals surface area contributed by atoms with Crippen LogP contribution in [0.3, 0.4) is 0 Å². The number of aromatic nitrogens is 1. The number of fused-ring (bicyclic) bond motifs is 1. The first-order valence-electron chi connectivity index (χ1n) is 5.96. The zero-order valence-corrected chi connectivity index (χ0v) is 11.6. The van der Waals surface area contributed by atoms with Gasteiger partial charge in [-0.25, -0.2) is 0 Å². The molecule has 0 saturated heterocycles. The Hall–Kier alpha value is -1.63. The van der Waals surface area contributed by atoms with Crippen molar-refractivity contribution in [3.05, 3.63) is 30.0 Å². The van der Waals surface area contributed by atoms with Crippen molar-refractivity contribution >= 4 is 34.0 Å². The number of thioether (sulfide) groups is 1. The highest BCUT2D eigenvalue weighted by atomic mass is 32.2. The summed E-state index contributed by atoms with van der Waals surface area (Å²) in [5.74, 6) is -0.0469. The smallest absolute Gasteiger partial charge is 0.399 e. The van der Waals surface area contributed by atoms with E-state index in [1.807, 2.05) is 6.92 Å². The number of aryl methyl sites for hydroxylation is 1. The molecule has 0 saturated carbocycles. The van der Waals surface area contributed by atoms with Gasteiger partial charge in [0.1, 0.15) is 0 Å². The first-order valence-corrected chi connectivity index (χ1v) is 6.95. The van der Waals surface area contributed by atoms with Crippen molar-refractivity contribution in [2.24, 2.45) is 0 Å². The molecule has 3 N–H and O–H groups in total. The zero-order chi connectivity index (χ0) is 14.8. The minimum absolute atomic E-state index is 0.0373. The highest BCUT2D eigenvalue weighted by molar-refractivity contribution is 8.00. The number of benzene rings is 1. The molecule has 1 heterocycles. The molecule has 108 valence electrons. The van der Waals surface area contributed by atoms with Crippen molar-refractivity contribution in [2.45, 2.75) is 12.4 Å². The van der Waals surface area contributed by atoms with Gasteiger partial charge in [0.2, 0.25) is 0 Å². The maximum atomic E-state index is 12.1. The first-order chi connectivity index (χ1) is 9.35. The van der Waals surface area contributed by atoms with E-state index < -0.39 is 5.51 Å². The lowest BCUT2D eigenvalue weighted by molar-refractivity contribution is -0.0327. The van der Waals surface area contributed by atoms with E-state index in [9.17, 15) is 13.2 Å². The number of nitrogens with two attached hydrogens (primary N) is 1. The molecule has 1 aromatic heterocycles. The van der Waals surface area contributed by atoms with Crippen LogP contribution in [0.2, 0.25) is 0 Å². The molecule has 0 bridgehead atoms. The van der Waals surface area contributed by atoms with E-state index in [4.69, 9.17) is 5.73 Å². The molecule has 0 aliphatic rings. The fraction of sp³-hybridized carbons (Fsp3) is 0.308. The van der Waals surface area contributed by atoms with Crippen molar-refractivity contribution in [2.75, 3.05) is 23.3 Å². The Balaban J connectivity index is 2.14. The lowest BCUT2D eigenvalue weighted by Crippen LogP contribution is -2.10. The van der Waals surface area contributed by atoms with Crippen molar-refractivity contribution in [3.63, 3.8) is 0 Å². The van der Waals surface area contributed by atoms with Crippen LogP contribution in [0.1, 0.15) is 5.69 Å². The summed E-state index contributed by atoms with van der Waals surface area (Å²) < 4.78 is 36.2. The normalized spacial score (nSPS) is 11.8. The quantitative estimate of drug-likeness (QED) is 0.666. The number of nitrogen functional groups attached to an aromatic ring is 1. The van der Waals surface area contributed by atoms with Crippen LogP contribution in [0.4, 0.5) is 24.5 Å². The number of nitrogens with one attached hydrogen (secondary N) is 1. The summed E-state index contributed by atoms with van der Waals surface area (Å²) in [7, 11) is 0. The summed E-state index contributed by atoms with van der Waals surface area (Å²) in [4.78, 5) is 4.36. The van der Waals surface area contributed by atoms with Gasteiger partial charge in [0.25, 0.3) is 0 Å². The van der Waals surface area contributed by atoms with Crippen molar-refractivity contribution in [1.29, 1.82) is 0 Å². The fourth-order valence-electron chi connectivity index (χ4n) is 1.87. The average molecular weight is 301 g/mol. The molecule has 20 heavy (non-hydrogen) atoms. The molecule has 3 nitrogen and oxygen atoms in total. The number of alkyl halides is 3. The predicted molar refractivity (Wildman–Crippen MR) is 77.9 cm³/mol. The van der Waals surface area contributed by atoms with Gasteiger partial charge < -0.3 is 11.1 Å². The van der Waals surface area contributed by atoms with E-state index >= 15 is 0 Å². The molecular formula is C13H14F3N3S. The second-order valence-electron chi connectivity index (χ2n) is 4.31. The second kappa shape index (κ2) is 5.78. The highest BCUT2D eigenvalue weighted by Crippen LogP contribution is 2.30. The minimum Gasteiger partial charge on any atom is -0.399 e. The van der Waals surface area contributed by atoms with Crippen LogP contribution in [0, 0.1) is 6.92 Å². The molecule has 0 fully saturated rings. The van der Waals surface area contributed by atoms with E-state index in [1.54, 1.807) is 24.3 Å². The number of halogens is 3. The number of pyridine rings is 1. The summed E-state index contributed by atoms with van der Waals surface area (Å²) in [5.41, 5.74) is 4.46. The van der Waals surface area contributed by atoms with Gasteiger partial charge in [-0.05, 0) is 43.0 Å². The number of nitrogens with zero attached hydrogens (tertiary/aromatic N) is 1. The van der Waals surface area contributed by atoms with Crippen molar-refractivity contribution in [1.82, 2.24) is 4.98 Å². The fourth-order valence-corrected chi connectivity index (χ4v) is 2.31. The van der Waals surface area contributed by atoms with E-state index in [2.05, 4.69) is 10.3 Å². The molecule has 2 aromatic rings. The number of hydrogen-bond donors (Lipinski definition) is 2. The Bertz CT molecular complexity index is 614. The van der Waals surface area contributed by atoms with Gasteiger partial charge in [0.05, 0.1) is 5.52 Å². The van der Waals surface area contributed by atoms with Gasteiger partial charge in [0.15, 0.2) is 0 Å². The SMILES string of the molecule is Cc1cc(NCCSC(F)(F)F)c2cc(N)ccc2n1. The predicted octanol–water partition coefficient (Wildman–Crippen LogP) is 3.79. The topological polar surface area (TPSA) is 50.9 Å². The Morgan fingerprint density at radius 1 is 1.30 bits per heavy atom. The van der Waals surface area contributed by atoms with Crippen molar-refractivity contribution < 1.29 is 13.2 Å². The van der Waals surface area contributed by atoms with E-state index in [0.29, 0.717) is 5.69 Å². The molecule has 0 aliphatic heterocycles. The van der Waals surface area contributed by atoms with Crippen LogP contribution in [-0.2, 0) is 0 Å². The number of hydrogen-bond acceptors (Lipinski definition) is 4. The number of rotatable bonds is 4. The summed E-state index contributed by atoms with van der Waals surface area (Å²) in [6, 6.07) is 7.12. The second-order valence-corrected chi connectivity index (χ2v) is 5.47. The van der Waals surface area contributed by atoms with Gasteiger partial charge in [-0.1, -0.05) is 0 Å². The van der Waals surface area contributed by atoms with Crippen LogP contribution >= 0.6 is 11.8 Å². The van der Waals surface area contributed by atoms with E-state index in [0.717, 1.165) is 22.3 Å². The maximum absolute atomic E-state index is 12.1. The van der Waals surface area contributed by atoms with Gasteiger partial charge in [-0.15, -0.1) is 0 Å². The summed E-state index contributed by atoms with van der Waals surface area (Å²) in [6.07, 6.45) is 0. The molecular weight excluding hydrogens is 287 g/mol. The van der Waals surface area contributed by atoms with Crippen LogP contribution in [0.15, 0.2) is 24.3 Å². The maximum Gasteiger partial charge on any atom is 0.441 e. The van der Waals surface area contributed by atoms with Crippen molar-refractivity contribution in [3.8, 4) is 0 Å². The molecule has 2 rings (SSSR count). The zero-order valence-electron chi connectivity index (χ0n) is 10.8. The Morgan fingerprint density at radius 3 is 2.75 bits per heavy atom. The molecule has 0 radical (unpaired) electrons. The van der Waals surface area contributed by atoms with Gasteiger partial charge >= 0.3 is 5.51 Å². The summed E-state index contributed by atoms with van der Waals surface area (Å²) in [6.45, 7) is 2.06. The van der Waals surface area contributed by atoms with Crippen LogP contribution < -0.4 is 11.1 Å².